The topological polar surface area (TPSA) is 39.7 Å². The minimum absolute atomic E-state index is 0.282. The van der Waals surface area contributed by atoms with E-state index in [9.17, 15) is 4.39 Å². The van der Waals surface area contributed by atoms with Crippen molar-refractivity contribution in [2.45, 2.75) is 19.9 Å². The number of benzene rings is 1. The van der Waals surface area contributed by atoms with E-state index >= 15 is 0 Å². The van der Waals surface area contributed by atoms with Crippen molar-refractivity contribution in [2.75, 3.05) is 40.1 Å². The molecule has 0 fully saturated rings. The lowest BCUT2D eigenvalue weighted by molar-refractivity contribution is 0.131. The summed E-state index contributed by atoms with van der Waals surface area (Å²) in [5, 5.41) is 3.17. The van der Waals surface area contributed by atoms with Gasteiger partial charge in [-0.3, -0.25) is 0 Å². The largest absolute Gasteiger partial charge is 0.493 e. The van der Waals surface area contributed by atoms with E-state index in [1.54, 1.807) is 7.11 Å². The summed E-state index contributed by atoms with van der Waals surface area (Å²) in [5.74, 6) is 0.279. The molecule has 114 valence electrons. The molecule has 5 heteroatoms. The summed E-state index contributed by atoms with van der Waals surface area (Å²) >= 11 is 0. The van der Waals surface area contributed by atoms with Crippen LogP contribution in [0.1, 0.15) is 18.9 Å². The number of hydrogen-bond donors (Lipinski definition) is 1. The second-order valence-electron chi connectivity index (χ2n) is 4.36. The predicted octanol–water partition coefficient (Wildman–Crippen LogP) is 2.37. The fourth-order valence-corrected chi connectivity index (χ4v) is 1.71. The minimum atomic E-state index is -0.282. The summed E-state index contributed by atoms with van der Waals surface area (Å²) in [6.45, 7) is 5.81. The van der Waals surface area contributed by atoms with Gasteiger partial charge in [0.1, 0.15) is 11.6 Å². The zero-order valence-electron chi connectivity index (χ0n) is 12.3. The van der Waals surface area contributed by atoms with Crippen molar-refractivity contribution in [3.63, 3.8) is 0 Å². The first kappa shape index (κ1) is 16.9. The predicted molar refractivity (Wildman–Crippen MR) is 76.6 cm³/mol. The molecule has 20 heavy (non-hydrogen) atoms. The van der Waals surface area contributed by atoms with Gasteiger partial charge >= 0.3 is 0 Å². The molecule has 1 aromatic carbocycles. The van der Waals surface area contributed by atoms with Gasteiger partial charge in [-0.25, -0.2) is 4.39 Å². The Morgan fingerprint density at radius 1 is 1.15 bits per heavy atom. The van der Waals surface area contributed by atoms with E-state index in [1.165, 1.54) is 12.1 Å². The third-order valence-corrected chi connectivity index (χ3v) is 2.65. The van der Waals surface area contributed by atoms with Crippen molar-refractivity contribution in [3.8, 4) is 5.75 Å². The Labute approximate surface area is 120 Å². The van der Waals surface area contributed by atoms with Gasteiger partial charge in [0.25, 0.3) is 0 Å². The second kappa shape index (κ2) is 10.6. The first-order chi connectivity index (χ1) is 9.76. The lowest BCUT2D eigenvalue weighted by atomic mass is 10.2. The maximum absolute atomic E-state index is 13.5. The molecule has 0 amide bonds. The van der Waals surface area contributed by atoms with E-state index in [-0.39, 0.29) is 5.82 Å². The zero-order chi connectivity index (χ0) is 14.6. The first-order valence-corrected chi connectivity index (χ1v) is 6.96. The molecule has 0 spiro atoms. The van der Waals surface area contributed by atoms with Crippen LogP contribution in [0.2, 0.25) is 0 Å². The van der Waals surface area contributed by atoms with Crippen LogP contribution in [0.15, 0.2) is 18.2 Å². The van der Waals surface area contributed by atoms with Gasteiger partial charge < -0.3 is 19.5 Å². The molecule has 0 aliphatic heterocycles. The highest BCUT2D eigenvalue weighted by Gasteiger charge is 2.02. The average Bonchev–Trinajstić information content (AvgIpc) is 2.43. The van der Waals surface area contributed by atoms with Crippen molar-refractivity contribution in [1.82, 2.24) is 5.32 Å². The van der Waals surface area contributed by atoms with E-state index in [2.05, 4.69) is 5.32 Å². The first-order valence-electron chi connectivity index (χ1n) is 6.96. The van der Waals surface area contributed by atoms with Gasteiger partial charge in [-0.05, 0) is 24.6 Å². The standard InChI is InChI=1S/C15H24FNO3/c1-3-19-6-4-7-20-15-10-13(9-14(16)11-15)12-17-5-8-18-2/h9-11,17H,3-8,12H2,1-2H3. The molecule has 0 aliphatic carbocycles. The summed E-state index contributed by atoms with van der Waals surface area (Å²) in [5.41, 5.74) is 0.862. The highest BCUT2D eigenvalue weighted by molar-refractivity contribution is 5.29. The summed E-state index contributed by atoms with van der Waals surface area (Å²) in [6.07, 6.45) is 0.797. The Morgan fingerprint density at radius 3 is 2.75 bits per heavy atom. The fourth-order valence-electron chi connectivity index (χ4n) is 1.71. The molecule has 0 aromatic heterocycles. The molecule has 0 atom stereocenters. The van der Waals surface area contributed by atoms with Crippen molar-refractivity contribution in [2.24, 2.45) is 0 Å². The molecule has 0 heterocycles. The van der Waals surface area contributed by atoms with E-state index in [0.29, 0.717) is 38.7 Å². The van der Waals surface area contributed by atoms with Crippen LogP contribution in [0.3, 0.4) is 0 Å². The highest BCUT2D eigenvalue weighted by Crippen LogP contribution is 2.16. The monoisotopic (exact) mass is 285 g/mol. The number of nitrogens with one attached hydrogen (secondary N) is 1. The maximum Gasteiger partial charge on any atom is 0.127 e. The molecule has 4 nitrogen and oxygen atoms in total. The Balaban J connectivity index is 2.36. The third-order valence-electron chi connectivity index (χ3n) is 2.65. The van der Waals surface area contributed by atoms with Crippen LogP contribution >= 0.6 is 0 Å². The number of rotatable bonds is 11. The van der Waals surface area contributed by atoms with Gasteiger partial charge in [-0.1, -0.05) is 0 Å². The molecule has 0 radical (unpaired) electrons. The molecule has 0 saturated carbocycles. The Morgan fingerprint density at radius 2 is 2.00 bits per heavy atom. The van der Waals surface area contributed by atoms with Gasteiger partial charge in [0.15, 0.2) is 0 Å². The number of methoxy groups -OCH3 is 1. The summed E-state index contributed by atoms with van der Waals surface area (Å²) in [4.78, 5) is 0. The third kappa shape index (κ3) is 7.43. The molecule has 0 unspecified atom stereocenters. The zero-order valence-corrected chi connectivity index (χ0v) is 12.3. The van der Waals surface area contributed by atoms with Gasteiger partial charge in [-0.15, -0.1) is 0 Å². The van der Waals surface area contributed by atoms with Crippen LogP contribution < -0.4 is 10.1 Å². The van der Waals surface area contributed by atoms with Crippen LogP contribution in [0.4, 0.5) is 4.39 Å². The molecule has 1 aromatic rings. The highest BCUT2D eigenvalue weighted by atomic mass is 19.1. The van der Waals surface area contributed by atoms with E-state index in [4.69, 9.17) is 14.2 Å². The van der Waals surface area contributed by atoms with Crippen molar-refractivity contribution < 1.29 is 18.6 Å². The van der Waals surface area contributed by atoms with E-state index in [0.717, 1.165) is 18.5 Å². The van der Waals surface area contributed by atoms with Gasteiger partial charge in [0.2, 0.25) is 0 Å². The summed E-state index contributed by atoms with van der Waals surface area (Å²) < 4.78 is 29.2. The number of hydrogen-bond acceptors (Lipinski definition) is 4. The van der Waals surface area contributed by atoms with Gasteiger partial charge in [0.05, 0.1) is 13.2 Å². The molecular weight excluding hydrogens is 261 g/mol. The van der Waals surface area contributed by atoms with E-state index in [1.807, 2.05) is 13.0 Å². The van der Waals surface area contributed by atoms with Crippen LogP contribution in [-0.2, 0) is 16.0 Å². The van der Waals surface area contributed by atoms with Crippen molar-refractivity contribution >= 4 is 0 Å². The molecule has 0 aliphatic rings. The summed E-state index contributed by atoms with van der Waals surface area (Å²) in [6, 6.07) is 4.76. The van der Waals surface area contributed by atoms with Crippen molar-refractivity contribution in [3.05, 3.63) is 29.6 Å². The Hall–Kier alpha value is -1.17. The molecule has 0 bridgehead atoms. The Bertz CT molecular complexity index is 374. The minimum Gasteiger partial charge on any atom is -0.493 e. The number of ether oxygens (including phenoxy) is 3. The van der Waals surface area contributed by atoms with Gasteiger partial charge in [0, 0.05) is 45.9 Å². The van der Waals surface area contributed by atoms with Crippen LogP contribution in [-0.4, -0.2) is 40.1 Å². The van der Waals surface area contributed by atoms with Crippen molar-refractivity contribution in [1.29, 1.82) is 0 Å². The van der Waals surface area contributed by atoms with Crippen LogP contribution in [0.5, 0.6) is 5.75 Å². The SMILES string of the molecule is CCOCCCOc1cc(F)cc(CNCCOC)c1. The second-order valence-corrected chi connectivity index (χ2v) is 4.36. The molecule has 0 saturated heterocycles. The fraction of sp³-hybridized carbons (Fsp3) is 0.600. The smallest absolute Gasteiger partial charge is 0.127 e. The van der Waals surface area contributed by atoms with Crippen LogP contribution in [0.25, 0.3) is 0 Å². The quantitative estimate of drug-likeness (QED) is 0.634. The lowest BCUT2D eigenvalue weighted by Crippen LogP contribution is -2.18. The Kier molecular flexibility index (Phi) is 8.95. The molecule has 1 N–H and O–H groups in total. The normalized spacial score (nSPS) is 10.8. The average molecular weight is 285 g/mol. The maximum atomic E-state index is 13.5. The van der Waals surface area contributed by atoms with Crippen LogP contribution in [0, 0.1) is 5.82 Å². The van der Waals surface area contributed by atoms with Gasteiger partial charge in [-0.2, -0.15) is 0 Å². The summed E-state index contributed by atoms with van der Waals surface area (Å²) in [7, 11) is 1.65. The number of halogens is 1. The molecular formula is C15H24FNO3. The lowest BCUT2D eigenvalue weighted by Gasteiger charge is -2.09. The van der Waals surface area contributed by atoms with E-state index < -0.39 is 0 Å². The molecule has 1 rings (SSSR count).